The van der Waals surface area contributed by atoms with E-state index in [4.69, 9.17) is 0 Å². The van der Waals surface area contributed by atoms with E-state index in [1.54, 1.807) is 6.08 Å². The zero-order valence-electron chi connectivity index (χ0n) is 31.1. The van der Waals surface area contributed by atoms with Crippen molar-refractivity contribution >= 4 is 16.0 Å². The van der Waals surface area contributed by atoms with Crippen LogP contribution in [0.15, 0.2) is 48.6 Å². The lowest BCUT2D eigenvalue weighted by molar-refractivity contribution is -0.122. The van der Waals surface area contributed by atoms with Gasteiger partial charge in [0, 0.05) is 6.42 Å². The van der Waals surface area contributed by atoms with E-state index in [0.29, 0.717) is 0 Å². The SMILES string of the molecule is CCCCCCC/C=C\C/C=C\C/C=C\CCCCCCCCC(=O)NC(CS(=O)(=O)O)C(O)/C=C/CCCCCCCCCCCC. The maximum absolute atomic E-state index is 12.5. The van der Waals surface area contributed by atoms with Gasteiger partial charge in [0.25, 0.3) is 10.1 Å². The minimum absolute atomic E-state index is 0.280. The molecule has 2 atom stereocenters. The first-order valence-corrected chi connectivity index (χ1v) is 21.4. The summed E-state index contributed by atoms with van der Waals surface area (Å²) in [5.74, 6) is -0.997. The fraction of sp³-hybridized carbons (Fsp3) is 0.780. The summed E-state index contributed by atoms with van der Waals surface area (Å²) in [6.45, 7) is 4.49. The van der Waals surface area contributed by atoms with Crippen molar-refractivity contribution in [3.05, 3.63) is 48.6 Å². The summed E-state index contributed by atoms with van der Waals surface area (Å²) < 4.78 is 32.4. The lowest BCUT2D eigenvalue weighted by Crippen LogP contribution is -2.46. The zero-order valence-corrected chi connectivity index (χ0v) is 31.9. The van der Waals surface area contributed by atoms with Crippen molar-refractivity contribution in [2.45, 2.75) is 199 Å². The van der Waals surface area contributed by atoms with Crippen molar-refractivity contribution in [3.63, 3.8) is 0 Å². The van der Waals surface area contributed by atoms with Crippen molar-refractivity contribution in [1.29, 1.82) is 0 Å². The van der Waals surface area contributed by atoms with Gasteiger partial charge in [-0.25, -0.2) is 0 Å². The molecule has 0 aliphatic rings. The van der Waals surface area contributed by atoms with Gasteiger partial charge in [0.15, 0.2) is 0 Å². The first-order chi connectivity index (χ1) is 23.3. The van der Waals surface area contributed by atoms with Gasteiger partial charge >= 0.3 is 0 Å². The van der Waals surface area contributed by atoms with Crippen LogP contribution in [0.5, 0.6) is 0 Å². The van der Waals surface area contributed by atoms with Crippen LogP contribution in [0.4, 0.5) is 0 Å². The number of unbranched alkanes of at least 4 members (excludes halogenated alkanes) is 21. The molecule has 6 nitrogen and oxygen atoms in total. The van der Waals surface area contributed by atoms with E-state index in [9.17, 15) is 22.9 Å². The molecule has 0 aliphatic heterocycles. The second kappa shape index (κ2) is 35.1. The van der Waals surface area contributed by atoms with E-state index < -0.39 is 28.0 Å². The van der Waals surface area contributed by atoms with E-state index in [1.165, 1.54) is 103 Å². The normalized spacial score (nSPS) is 13.8. The Bertz CT molecular complexity index is 940. The van der Waals surface area contributed by atoms with Crippen LogP contribution < -0.4 is 5.32 Å². The molecule has 0 saturated carbocycles. The number of hydrogen-bond donors (Lipinski definition) is 3. The lowest BCUT2D eigenvalue weighted by atomic mass is 10.1. The van der Waals surface area contributed by atoms with Crippen LogP contribution >= 0.6 is 0 Å². The summed E-state index contributed by atoms with van der Waals surface area (Å²) in [5, 5.41) is 13.2. The molecule has 0 radical (unpaired) electrons. The molecule has 0 rings (SSSR count). The minimum Gasteiger partial charge on any atom is -0.387 e. The number of carbonyl (C=O) groups excluding carboxylic acids is 1. The first kappa shape index (κ1) is 46.3. The van der Waals surface area contributed by atoms with Crippen molar-refractivity contribution < 1.29 is 22.9 Å². The number of hydrogen-bond acceptors (Lipinski definition) is 4. The quantitative estimate of drug-likeness (QED) is 0.0348. The number of nitrogens with one attached hydrogen (secondary N) is 1. The third-order valence-corrected chi connectivity index (χ3v) is 9.53. The van der Waals surface area contributed by atoms with Crippen LogP contribution in [0.25, 0.3) is 0 Å². The average molecular weight is 694 g/mol. The van der Waals surface area contributed by atoms with Gasteiger partial charge in [0.2, 0.25) is 5.91 Å². The Kier molecular flexibility index (Phi) is 33.9. The topological polar surface area (TPSA) is 104 Å². The van der Waals surface area contributed by atoms with Gasteiger partial charge in [-0.1, -0.05) is 172 Å². The molecule has 3 N–H and O–H groups in total. The largest absolute Gasteiger partial charge is 0.387 e. The van der Waals surface area contributed by atoms with Gasteiger partial charge in [-0.05, 0) is 57.8 Å². The predicted octanol–water partition coefficient (Wildman–Crippen LogP) is 11.5. The third kappa shape index (κ3) is 35.6. The van der Waals surface area contributed by atoms with E-state index in [0.717, 1.165) is 64.2 Å². The Morgan fingerprint density at radius 1 is 0.562 bits per heavy atom. The molecule has 0 aromatic rings. The van der Waals surface area contributed by atoms with Crippen LogP contribution in [-0.2, 0) is 14.9 Å². The molecule has 0 fully saturated rings. The van der Waals surface area contributed by atoms with Crippen molar-refractivity contribution in [2.75, 3.05) is 5.75 Å². The summed E-state index contributed by atoms with van der Waals surface area (Å²) in [5.41, 5.74) is 0. The van der Waals surface area contributed by atoms with E-state index in [1.807, 2.05) is 6.08 Å². The van der Waals surface area contributed by atoms with Crippen molar-refractivity contribution in [3.8, 4) is 0 Å². The third-order valence-electron chi connectivity index (χ3n) is 8.75. The number of aliphatic hydroxyl groups is 1. The van der Waals surface area contributed by atoms with Gasteiger partial charge in [0.1, 0.15) is 0 Å². The molecule has 2 unspecified atom stereocenters. The van der Waals surface area contributed by atoms with E-state index in [2.05, 4.69) is 55.6 Å². The van der Waals surface area contributed by atoms with Gasteiger partial charge in [-0.2, -0.15) is 8.42 Å². The number of allylic oxidation sites excluding steroid dienone is 7. The zero-order chi connectivity index (χ0) is 35.4. The molecule has 0 bridgehead atoms. The van der Waals surface area contributed by atoms with Gasteiger partial charge < -0.3 is 10.4 Å². The maximum atomic E-state index is 12.5. The Morgan fingerprint density at radius 3 is 1.38 bits per heavy atom. The molecule has 280 valence electrons. The number of amides is 1. The average Bonchev–Trinajstić information content (AvgIpc) is 3.05. The molecule has 0 aromatic heterocycles. The van der Waals surface area contributed by atoms with Crippen LogP contribution in [-0.4, -0.2) is 41.9 Å². The second-order valence-electron chi connectivity index (χ2n) is 13.6. The number of carbonyl (C=O) groups is 1. The van der Waals surface area contributed by atoms with E-state index in [-0.39, 0.29) is 12.3 Å². The summed E-state index contributed by atoms with van der Waals surface area (Å²) >= 11 is 0. The van der Waals surface area contributed by atoms with Crippen LogP contribution in [0.2, 0.25) is 0 Å². The highest BCUT2D eigenvalue weighted by molar-refractivity contribution is 7.85. The standard InChI is InChI=1S/C41H75NO5S/c1-3-5-7-9-11-13-15-17-18-19-20-21-22-23-24-25-27-29-31-33-35-37-41(44)42-39(38-48(45,46)47)40(43)36-34-32-30-28-26-16-14-12-10-8-6-4-2/h15,17,19-20,22-23,34,36,39-40,43H,3-14,16,18,21,24-33,35,37-38H2,1-2H3,(H,42,44)(H,45,46,47)/b17-15-,20-19-,23-22-,36-34+. The Labute approximate surface area is 297 Å². The highest BCUT2D eigenvalue weighted by atomic mass is 32.2. The summed E-state index contributed by atoms with van der Waals surface area (Å²) in [6.07, 6.45) is 46.6. The van der Waals surface area contributed by atoms with Crippen molar-refractivity contribution in [1.82, 2.24) is 5.32 Å². The fourth-order valence-corrected chi connectivity index (χ4v) is 6.48. The molecule has 0 aromatic carbocycles. The molecule has 7 heteroatoms. The summed E-state index contributed by atoms with van der Waals surface area (Å²) in [6, 6.07) is -1.06. The molecule has 0 saturated heterocycles. The highest BCUT2D eigenvalue weighted by Crippen LogP contribution is 2.13. The molecule has 1 amide bonds. The molecule has 0 aliphatic carbocycles. The molecular weight excluding hydrogens is 619 g/mol. The monoisotopic (exact) mass is 694 g/mol. The van der Waals surface area contributed by atoms with Gasteiger partial charge in [-0.15, -0.1) is 0 Å². The number of aliphatic hydroxyl groups excluding tert-OH is 1. The smallest absolute Gasteiger partial charge is 0.267 e. The Balaban J connectivity index is 3.96. The molecular formula is C41H75NO5S. The first-order valence-electron chi connectivity index (χ1n) is 19.8. The maximum Gasteiger partial charge on any atom is 0.267 e. The minimum atomic E-state index is -4.34. The summed E-state index contributed by atoms with van der Waals surface area (Å²) in [7, 11) is -4.34. The molecule has 0 spiro atoms. The number of rotatable bonds is 35. The second-order valence-corrected chi connectivity index (χ2v) is 15.1. The van der Waals surface area contributed by atoms with Crippen LogP contribution in [0.3, 0.4) is 0 Å². The molecule has 48 heavy (non-hydrogen) atoms. The lowest BCUT2D eigenvalue weighted by Gasteiger charge is -2.21. The van der Waals surface area contributed by atoms with Crippen LogP contribution in [0.1, 0.15) is 187 Å². The van der Waals surface area contributed by atoms with Gasteiger partial charge in [-0.3, -0.25) is 9.35 Å². The Hall–Kier alpha value is -1.70. The fourth-order valence-electron chi connectivity index (χ4n) is 5.75. The highest BCUT2D eigenvalue weighted by Gasteiger charge is 2.24. The Morgan fingerprint density at radius 2 is 0.938 bits per heavy atom. The van der Waals surface area contributed by atoms with Gasteiger partial charge in [0.05, 0.1) is 17.9 Å². The predicted molar refractivity (Wildman–Crippen MR) is 207 cm³/mol. The van der Waals surface area contributed by atoms with E-state index >= 15 is 0 Å². The van der Waals surface area contributed by atoms with Crippen LogP contribution in [0, 0.1) is 0 Å². The molecule has 0 heterocycles. The summed E-state index contributed by atoms with van der Waals surface area (Å²) in [4.78, 5) is 12.5. The van der Waals surface area contributed by atoms with Crippen molar-refractivity contribution in [2.24, 2.45) is 0 Å².